The average Bonchev–Trinajstić information content (AvgIpc) is 2.64. The number of rotatable bonds is 1. The van der Waals surface area contributed by atoms with E-state index in [2.05, 4.69) is 42.8 Å². The van der Waals surface area contributed by atoms with E-state index < -0.39 is 0 Å². The first-order valence-corrected chi connectivity index (χ1v) is 5.86. The molecule has 0 saturated carbocycles. The molecule has 0 aliphatic carbocycles. The highest BCUT2D eigenvalue weighted by molar-refractivity contribution is 5.44. The van der Waals surface area contributed by atoms with Gasteiger partial charge in [-0.3, -0.25) is 0 Å². The third kappa shape index (κ3) is 2.35. The first-order valence-electron chi connectivity index (χ1n) is 5.86. The highest BCUT2D eigenvalue weighted by atomic mass is 16.3. The summed E-state index contributed by atoms with van der Waals surface area (Å²) >= 11 is 0. The van der Waals surface area contributed by atoms with Crippen LogP contribution in [0, 0.1) is 0 Å². The number of pyridine rings is 1. The molecule has 1 aromatic rings. The minimum Gasteiger partial charge on any atom is -0.391 e. The van der Waals surface area contributed by atoms with Crippen LogP contribution < -0.4 is 4.90 Å². The second kappa shape index (κ2) is 4.06. The molecule has 16 heavy (non-hydrogen) atoms. The molecule has 0 amide bonds. The standard InChI is InChI=1S/C13H20N2O/c1-13(2,3)10-4-6-14-12(8-10)15-7-5-11(16)9-15/h4,6,8,11,16H,5,7,9H2,1-3H3. The predicted octanol–water partition coefficient (Wildman–Crippen LogP) is 1.95. The molecule has 3 nitrogen and oxygen atoms in total. The molecule has 1 atom stereocenters. The fourth-order valence-electron chi connectivity index (χ4n) is 2.01. The molecular weight excluding hydrogens is 200 g/mol. The van der Waals surface area contributed by atoms with E-state index in [1.54, 1.807) is 0 Å². The van der Waals surface area contributed by atoms with Crippen molar-refractivity contribution in [3.8, 4) is 0 Å². The second-order valence-corrected chi connectivity index (χ2v) is 5.54. The van der Waals surface area contributed by atoms with Gasteiger partial charge in [0.1, 0.15) is 5.82 Å². The summed E-state index contributed by atoms with van der Waals surface area (Å²) in [5, 5.41) is 9.52. The minimum absolute atomic E-state index is 0.149. The molecule has 3 heteroatoms. The van der Waals surface area contributed by atoms with E-state index in [0.717, 1.165) is 18.8 Å². The van der Waals surface area contributed by atoms with Gasteiger partial charge in [0, 0.05) is 19.3 Å². The highest BCUT2D eigenvalue weighted by Gasteiger charge is 2.22. The molecule has 1 unspecified atom stereocenters. The second-order valence-electron chi connectivity index (χ2n) is 5.54. The number of β-amino-alcohol motifs (C(OH)–C–C–N with tert-alkyl or cyclic N) is 1. The molecule has 1 fully saturated rings. The molecule has 0 bridgehead atoms. The van der Waals surface area contributed by atoms with E-state index in [-0.39, 0.29) is 11.5 Å². The van der Waals surface area contributed by atoms with E-state index in [0.29, 0.717) is 6.54 Å². The number of anilines is 1. The van der Waals surface area contributed by atoms with Gasteiger partial charge in [0.15, 0.2) is 0 Å². The number of aliphatic hydroxyl groups excluding tert-OH is 1. The van der Waals surface area contributed by atoms with Crippen molar-refractivity contribution >= 4 is 5.82 Å². The lowest BCUT2D eigenvalue weighted by Crippen LogP contribution is -2.23. The van der Waals surface area contributed by atoms with Gasteiger partial charge < -0.3 is 10.0 Å². The van der Waals surface area contributed by atoms with Crippen LogP contribution in [-0.4, -0.2) is 29.3 Å². The van der Waals surface area contributed by atoms with Crippen molar-refractivity contribution in [1.29, 1.82) is 0 Å². The van der Waals surface area contributed by atoms with Crippen LogP contribution in [0.1, 0.15) is 32.8 Å². The molecule has 1 aliphatic heterocycles. The van der Waals surface area contributed by atoms with Crippen LogP contribution in [0.25, 0.3) is 0 Å². The fraction of sp³-hybridized carbons (Fsp3) is 0.615. The minimum atomic E-state index is -0.194. The Kier molecular flexibility index (Phi) is 2.89. The van der Waals surface area contributed by atoms with Gasteiger partial charge in [-0.15, -0.1) is 0 Å². The molecule has 0 aromatic carbocycles. The van der Waals surface area contributed by atoms with Crippen molar-refractivity contribution < 1.29 is 5.11 Å². The molecule has 0 spiro atoms. The first-order chi connectivity index (χ1) is 7.47. The van der Waals surface area contributed by atoms with Gasteiger partial charge in [0.25, 0.3) is 0 Å². The van der Waals surface area contributed by atoms with Gasteiger partial charge in [0.2, 0.25) is 0 Å². The Labute approximate surface area is 97.1 Å². The van der Waals surface area contributed by atoms with Crippen LogP contribution in [0.3, 0.4) is 0 Å². The maximum Gasteiger partial charge on any atom is 0.128 e. The van der Waals surface area contributed by atoms with Crippen LogP contribution in [0.15, 0.2) is 18.3 Å². The molecule has 1 N–H and O–H groups in total. The van der Waals surface area contributed by atoms with Crippen molar-refractivity contribution in [3.63, 3.8) is 0 Å². The van der Waals surface area contributed by atoms with E-state index in [4.69, 9.17) is 0 Å². The largest absolute Gasteiger partial charge is 0.391 e. The average molecular weight is 220 g/mol. The molecule has 2 heterocycles. The van der Waals surface area contributed by atoms with Gasteiger partial charge in [-0.05, 0) is 29.5 Å². The quantitative estimate of drug-likeness (QED) is 0.786. The van der Waals surface area contributed by atoms with Crippen molar-refractivity contribution in [1.82, 2.24) is 4.98 Å². The van der Waals surface area contributed by atoms with Crippen molar-refractivity contribution in [2.24, 2.45) is 0 Å². The Balaban J connectivity index is 2.23. The zero-order valence-electron chi connectivity index (χ0n) is 10.3. The molecule has 88 valence electrons. The van der Waals surface area contributed by atoms with Crippen LogP contribution in [0.2, 0.25) is 0 Å². The Morgan fingerprint density at radius 1 is 1.44 bits per heavy atom. The van der Waals surface area contributed by atoms with Crippen LogP contribution >= 0.6 is 0 Å². The monoisotopic (exact) mass is 220 g/mol. The van der Waals surface area contributed by atoms with E-state index in [9.17, 15) is 5.11 Å². The third-order valence-corrected chi connectivity index (χ3v) is 3.10. The summed E-state index contributed by atoms with van der Waals surface area (Å²) in [6, 6.07) is 4.20. The summed E-state index contributed by atoms with van der Waals surface area (Å²) in [7, 11) is 0. The molecular formula is C13H20N2O. The summed E-state index contributed by atoms with van der Waals surface area (Å²) in [6.07, 6.45) is 2.52. The number of hydrogen-bond donors (Lipinski definition) is 1. The van der Waals surface area contributed by atoms with Gasteiger partial charge in [0.05, 0.1) is 6.10 Å². The zero-order valence-corrected chi connectivity index (χ0v) is 10.3. The SMILES string of the molecule is CC(C)(C)c1ccnc(N2CCC(O)C2)c1. The van der Waals surface area contributed by atoms with E-state index in [1.807, 2.05) is 6.20 Å². The Morgan fingerprint density at radius 2 is 2.19 bits per heavy atom. The fourth-order valence-corrected chi connectivity index (χ4v) is 2.01. The Bertz CT molecular complexity index is 370. The van der Waals surface area contributed by atoms with Crippen molar-refractivity contribution in [2.45, 2.75) is 38.7 Å². The molecule has 1 aliphatic rings. The topological polar surface area (TPSA) is 36.4 Å². The lowest BCUT2D eigenvalue weighted by atomic mass is 9.88. The summed E-state index contributed by atoms with van der Waals surface area (Å²) in [5.41, 5.74) is 1.44. The number of aliphatic hydroxyl groups is 1. The zero-order chi connectivity index (χ0) is 11.8. The van der Waals surface area contributed by atoms with Crippen molar-refractivity contribution in [3.05, 3.63) is 23.9 Å². The Hall–Kier alpha value is -1.09. The van der Waals surface area contributed by atoms with E-state index in [1.165, 1.54) is 5.56 Å². The van der Waals surface area contributed by atoms with Crippen LogP contribution in [0.5, 0.6) is 0 Å². The number of hydrogen-bond acceptors (Lipinski definition) is 3. The maximum absolute atomic E-state index is 9.52. The lowest BCUT2D eigenvalue weighted by Gasteiger charge is -2.22. The summed E-state index contributed by atoms with van der Waals surface area (Å²) < 4.78 is 0. The van der Waals surface area contributed by atoms with Crippen LogP contribution in [-0.2, 0) is 5.41 Å². The maximum atomic E-state index is 9.52. The van der Waals surface area contributed by atoms with E-state index >= 15 is 0 Å². The normalized spacial score (nSPS) is 21.5. The van der Waals surface area contributed by atoms with Crippen LogP contribution in [0.4, 0.5) is 5.82 Å². The third-order valence-electron chi connectivity index (χ3n) is 3.10. The summed E-state index contributed by atoms with van der Waals surface area (Å²) in [5.74, 6) is 0.990. The molecule has 0 radical (unpaired) electrons. The Morgan fingerprint density at radius 3 is 2.75 bits per heavy atom. The van der Waals surface area contributed by atoms with Gasteiger partial charge in [-0.1, -0.05) is 20.8 Å². The number of aromatic nitrogens is 1. The summed E-state index contributed by atoms with van der Waals surface area (Å²) in [4.78, 5) is 6.54. The van der Waals surface area contributed by atoms with Gasteiger partial charge in [-0.2, -0.15) is 0 Å². The molecule has 1 aromatic heterocycles. The molecule has 1 saturated heterocycles. The summed E-state index contributed by atoms with van der Waals surface area (Å²) in [6.45, 7) is 8.21. The van der Waals surface area contributed by atoms with Gasteiger partial charge in [-0.25, -0.2) is 4.98 Å². The highest BCUT2D eigenvalue weighted by Crippen LogP contribution is 2.26. The predicted molar refractivity (Wildman–Crippen MR) is 65.8 cm³/mol. The molecule has 2 rings (SSSR count). The first kappa shape index (κ1) is 11.4. The lowest BCUT2D eigenvalue weighted by molar-refractivity contribution is 0.198. The number of nitrogens with zero attached hydrogens (tertiary/aromatic N) is 2. The smallest absolute Gasteiger partial charge is 0.128 e. The van der Waals surface area contributed by atoms with Gasteiger partial charge >= 0.3 is 0 Å². The van der Waals surface area contributed by atoms with Crippen molar-refractivity contribution in [2.75, 3.05) is 18.0 Å².